The highest BCUT2D eigenvalue weighted by molar-refractivity contribution is 7.14. The van der Waals surface area contributed by atoms with Gasteiger partial charge in [-0.2, -0.15) is 0 Å². The molecular weight excluding hydrogens is 348 g/mol. The fourth-order valence-corrected chi connectivity index (χ4v) is 3.89. The maximum Gasteiger partial charge on any atom is 0.348 e. The van der Waals surface area contributed by atoms with Crippen LogP contribution in [0.25, 0.3) is 0 Å². The molecule has 3 rings (SSSR count). The quantitative estimate of drug-likeness (QED) is 0.656. The van der Waals surface area contributed by atoms with Crippen LogP contribution in [0.3, 0.4) is 0 Å². The molecule has 7 heteroatoms. The number of rotatable bonds is 4. The zero-order chi connectivity index (χ0) is 17.8. The van der Waals surface area contributed by atoms with Gasteiger partial charge in [-0.05, 0) is 49.4 Å². The number of carbonyl (C=O) groups excluding carboxylic acids is 2. The zero-order valence-electron chi connectivity index (χ0n) is 13.4. The van der Waals surface area contributed by atoms with E-state index >= 15 is 0 Å². The average molecular weight is 365 g/mol. The van der Waals surface area contributed by atoms with Crippen LogP contribution in [0, 0.1) is 11.6 Å². The van der Waals surface area contributed by atoms with E-state index in [4.69, 9.17) is 4.74 Å². The van der Waals surface area contributed by atoms with E-state index in [9.17, 15) is 18.4 Å². The average Bonchev–Trinajstić information content (AvgIpc) is 2.87. The van der Waals surface area contributed by atoms with Gasteiger partial charge in [0.05, 0.1) is 0 Å². The van der Waals surface area contributed by atoms with Gasteiger partial charge < -0.3 is 10.1 Å². The number of carbonyl (C=O) groups is 2. The molecule has 0 aliphatic heterocycles. The van der Waals surface area contributed by atoms with E-state index in [-0.39, 0.29) is 5.69 Å². The van der Waals surface area contributed by atoms with Crippen LogP contribution < -0.4 is 5.32 Å². The van der Waals surface area contributed by atoms with Crippen LogP contribution in [0.2, 0.25) is 0 Å². The van der Waals surface area contributed by atoms with Gasteiger partial charge in [-0.15, -0.1) is 11.3 Å². The van der Waals surface area contributed by atoms with Crippen LogP contribution in [0.4, 0.5) is 14.5 Å². The number of thiophene rings is 1. The number of aryl methyl sites for hydroxylation is 2. The molecule has 132 valence electrons. The minimum Gasteiger partial charge on any atom is -0.451 e. The minimum absolute atomic E-state index is 0.0998. The number of halogens is 2. The molecule has 0 spiro atoms. The number of ether oxygens (including phenoxy) is 1. The summed E-state index contributed by atoms with van der Waals surface area (Å²) in [6.45, 7) is -0.486. The second-order valence-corrected chi connectivity index (χ2v) is 7.01. The second-order valence-electron chi connectivity index (χ2n) is 5.87. The number of fused-ring (bicyclic) bond motifs is 1. The van der Waals surface area contributed by atoms with Gasteiger partial charge in [0, 0.05) is 16.6 Å². The number of benzene rings is 1. The van der Waals surface area contributed by atoms with E-state index in [0.29, 0.717) is 4.88 Å². The molecular formula is C18H17F2NO3S. The second kappa shape index (κ2) is 7.74. The van der Waals surface area contributed by atoms with Crippen molar-refractivity contribution in [1.29, 1.82) is 0 Å². The van der Waals surface area contributed by atoms with Gasteiger partial charge in [0.2, 0.25) is 0 Å². The van der Waals surface area contributed by atoms with Crippen molar-refractivity contribution in [2.24, 2.45) is 0 Å². The van der Waals surface area contributed by atoms with Crippen LogP contribution in [0.5, 0.6) is 0 Å². The zero-order valence-corrected chi connectivity index (χ0v) is 14.3. The van der Waals surface area contributed by atoms with Gasteiger partial charge in [0.15, 0.2) is 18.2 Å². The Morgan fingerprint density at radius 1 is 1.08 bits per heavy atom. The van der Waals surface area contributed by atoms with E-state index in [0.717, 1.165) is 37.8 Å². The molecule has 25 heavy (non-hydrogen) atoms. The molecule has 1 amide bonds. The van der Waals surface area contributed by atoms with Crippen LogP contribution in [0.15, 0.2) is 24.3 Å². The lowest BCUT2D eigenvalue weighted by Gasteiger charge is -2.06. The number of hydrogen-bond acceptors (Lipinski definition) is 4. The molecule has 1 aliphatic carbocycles. The normalized spacial score (nSPS) is 13.7. The van der Waals surface area contributed by atoms with Crippen molar-refractivity contribution in [2.75, 3.05) is 11.9 Å². The van der Waals surface area contributed by atoms with E-state index in [2.05, 4.69) is 5.32 Å². The van der Waals surface area contributed by atoms with Crippen molar-refractivity contribution >= 4 is 28.9 Å². The highest BCUT2D eigenvalue weighted by Crippen LogP contribution is 2.29. The summed E-state index contributed by atoms with van der Waals surface area (Å²) in [4.78, 5) is 25.6. The lowest BCUT2D eigenvalue weighted by molar-refractivity contribution is -0.119. The molecule has 0 bridgehead atoms. The summed E-state index contributed by atoms with van der Waals surface area (Å²) in [5.74, 6) is -3.22. The first kappa shape index (κ1) is 17.5. The molecule has 4 nitrogen and oxygen atoms in total. The first-order chi connectivity index (χ1) is 12.0. The highest BCUT2D eigenvalue weighted by atomic mass is 32.1. The van der Waals surface area contributed by atoms with E-state index in [1.54, 1.807) is 0 Å². The molecule has 1 heterocycles. The van der Waals surface area contributed by atoms with Gasteiger partial charge in [-0.1, -0.05) is 6.42 Å². The predicted octanol–water partition coefficient (Wildman–Crippen LogP) is 4.09. The molecule has 0 saturated heterocycles. The third-order valence-electron chi connectivity index (χ3n) is 3.99. The van der Waals surface area contributed by atoms with Gasteiger partial charge in [-0.3, -0.25) is 4.79 Å². The molecule has 1 N–H and O–H groups in total. The topological polar surface area (TPSA) is 55.4 Å². The van der Waals surface area contributed by atoms with Gasteiger partial charge >= 0.3 is 5.97 Å². The fraction of sp³-hybridized carbons (Fsp3) is 0.333. The molecule has 1 aromatic carbocycles. The summed E-state index contributed by atoms with van der Waals surface area (Å²) < 4.78 is 31.0. The lowest BCUT2D eigenvalue weighted by atomic mass is 10.1. The number of esters is 1. The Hall–Kier alpha value is -2.28. The number of anilines is 1. The maximum absolute atomic E-state index is 13.1. The highest BCUT2D eigenvalue weighted by Gasteiger charge is 2.18. The maximum atomic E-state index is 13.1. The third kappa shape index (κ3) is 4.42. The Bertz CT molecular complexity index is 780. The first-order valence-corrected chi connectivity index (χ1v) is 8.88. The first-order valence-electron chi connectivity index (χ1n) is 8.06. The number of nitrogens with one attached hydrogen (secondary N) is 1. The minimum atomic E-state index is -1.06. The Labute approximate surface area is 147 Å². The summed E-state index contributed by atoms with van der Waals surface area (Å²) in [5.41, 5.74) is 1.29. The van der Waals surface area contributed by atoms with Crippen molar-refractivity contribution in [3.8, 4) is 0 Å². The van der Waals surface area contributed by atoms with Crippen molar-refractivity contribution < 1.29 is 23.1 Å². The van der Waals surface area contributed by atoms with Crippen LogP contribution in [0.1, 0.15) is 39.4 Å². The summed E-state index contributed by atoms with van der Waals surface area (Å²) in [7, 11) is 0. The van der Waals surface area contributed by atoms with Gasteiger partial charge in [0.1, 0.15) is 4.88 Å². The molecule has 2 aromatic rings. The molecule has 1 aromatic heterocycles. The standard InChI is InChI=1S/C18H17F2NO3S/c19-13-7-6-12(9-14(13)20)21-17(22)10-24-18(23)16-8-11-4-2-1-3-5-15(11)25-16/h6-9H,1-5,10H2,(H,21,22). The summed E-state index contributed by atoms with van der Waals surface area (Å²) in [6, 6.07) is 4.86. The summed E-state index contributed by atoms with van der Waals surface area (Å²) in [6.07, 6.45) is 5.39. The van der Waals surface area contributed by atoms with Crippen LogP contribution >= 0.6 is 11.3 Å². The molecule has 0 radical (unpaired) electrons. The predicted molar refractivity (Wildman–Crippen MR) is 90.8 cm³/mol. The Morgan fingerprint density at radius 2 is 1.88 bits per heavy atom. The molecule has 0 saturated carbocycles. The monoisotopic (exact) mass is 365 g/mol. The van der Waals surface area contributed by atoms with Crippen LogP contribution in [-0.4, -0.2) is 18.5 Å². The summed E-state index contributed by atoms with van der Waals surface area (Å²) in [5, 5.41) is 2.35. The lowest BCUT2D eigenvalue weighted by Crippen LogP contribution is -2.20. The Balaban J connectivity index is 1.55. The van der Waals surface area contributed by atoms with Gasteiger partial charge in [-0.25, -0.2) is 13.6 Å². The largest absolute Gasteiger partial charge is 0.451 e. The van der Waals surface area contributed by atoms with E-state index in [1.807, 2.05) is 6.07 Å². The molecule has 0 fully saturated rings. The Morgan fingerprint density at radius 3 is 2.68 bits per heavy atom. The third-order valence-corrected chi connectivity index (χ3v) is 5.20. The molecule has 0 atom stereocenters. The fourth-order valence-electron chi connectivity index (χ4n) is 2.74. The molecule has 1 aliphatic rings. The SMILES string of the molecule is O=C(COC(=O)c1cc2c(s1)CCCCC2)Nc1ccc(F)c(F)c1. The summed E-state index contributed by atoms with van der Waals surface area (Å²) >= 11 is 1.42. The van der Waals surface area contributed by atoms with E-state index in [1.165, 1.54) is 34.3 Å². The molecule has 0 unspecified atom stereocenters. The van der Waals surface area contributed by atoms with Crippen molar-refractivity contribution in [3.63, 3.8) is 0 Å². The van der Waals surface area contributed by atoms with Crippen LogP contribution in [-0.2, 0) is 22.4 Å². The van der Waals surface area contributed by atoms with Crippen molar-refractivity contribution in [2.45, 2.75) is 32.1 Å². The smallest absolute Gasteiger partial charge is 0.348 e. The van der Waals surface area contributed by atoms with E-state index < -0.39 is 30.1 Å². The van der Waals surface area contributed by atoms with Crippen molar-refractivity contribution in [3.05, 3.63) is 51.2 Å². The Kier molecular flexibility index (Phi) is 5.43. The number of hydrogen-bond donors (Lipinski definition) is 1. The van der Waals surface area contributed by atoms with Gasteiger partial charge in [0.25, 0.3) is 5.91 Å². The number of amides is 1. The van der Waals surface area contributed by atoms with Crippen molar-refractivity contribution in [1.82, 2.24) is 0 Å².